The minimum absolute atomic E-state index is 0.112. The van der Waals surface area contributed by atoms with E-state index in [1.165, 1.54) is 0 Å². The first-order chi connectivity index (χ1) is 5.81. The second-order valence-electron chi connectivity index (χ2n) is 1.58. The number of terminal acetylenes is 1. The average molecular weight is 170 g/mol. The van der Waals surface area contributed by atoms with Crippen molar-refractivity contribution in [1.29, 1.82) is 0 Å². The summed E-state index contributed by atoms with van der Waals surface area (Å²) in [6, 6.07) is 0. The van der Waals surface area contributed by atoms with Crippen LogP contribution in [-0.4, -0.2) is 12.6 Å². The van der Waals surface area contributed by atoms with E-state index in [1.807, 2.05) is 6.40 Å². The molecule has 0 aromatic rings. The summed E-state index contributed by atoms with van der Waals surface area (Å²) in [5, 5.41) is 5.22. The van der Waals surface area contributed by atoms with Crippen LogP contribution >= 0.6 is 9.39 Å². The summed E-state index contributed by atoms with van der Waals surface area (Å²) in [4.78, 5) is 10.8. The molecular weight excluding hydrogens is 159 g/mol. The summed E-state index contributed by atoms with van der Waals surface area (Å²) in [6.07, 6.45) is 1.98. The molecule has 0 heterocycles. The maximum atomic E-state index is 10.8. The van der Waals surface area contributed by atoms with E-state index >= 15 is 0 Å². The Morgan fingerprint density at radius 1 is 1.82 bits per heavy atom. The van der Waals surface area contributed by atoms with Gasteiger partial charge in [-0.2, -0.15) is 0 Å². The number of nitrogens with one attached hydrogen (secondary N) is 2. The molecule has 2 N–H and O–H groups in total. The highest BCUT2D eigenvalue weighted by atomic mass is 31.0. The van der Waals surface area contributed by atoms with E-state index in [9.17, 15) is 4.79 Å². The molecule has 58 valence electrons. The summed E-state index contributed by atoms with van der Waals surface area (Å²) in [7, 11) is 2.26. The summed E-state index contributed by atoms with van der Waals surface area (Å²) in [6.45, 7) is 0.398. The number of amides is 1. The molecule has 0 rings (SSSR count). The van der Waals surface area contributed by atoms with Crippen molar-refractivity contribution in [2.45, 2.75) is 6.42 Å². The van der Waals surface area contributed by atoms with Gasteiger partial charge in [0.15, 0.2) is 0 Å². The molecule has 0 saturated heterocycles. The van der Waals surface area contributed by atoms with Gasteiger partial charge in [0, 0.05) is 0 Å². The fraction of sp³-hybridized carbons (Fsp3) is 0.286. The molecule has 0 aliphatic heterocycles. The second kappa shape index (κ2) is 7.09. The van der Waals surface area contributed by atoms with Crippen molar-refractivity contribution < 1.29 is 6.17 Å². The van der Waals surface area contributed by atoms with Gasteiger partial charge >= 0.3 is 0 Å². The second-order valence-corrected chi connectivity index (χ2v) is 1.99. The Balaban J connectivity index is 3.56. The number of carbonyl (C=O) groups is 1. The molecule has 1 atom stereocenters. The van der Waals surface area contributed by atoms with E-state index in [0.29, 0.717) is 6.67 Å². The highest BCUT2D eigenvalue weighted by Gasteiger charge is 1.93. The third-order valence-electron chi connectivity index (χ3n) is 0.787. The predicted octanol–water partition coefficient (Wildman–Crippen LogP) is -0.534. The highest BCUT2D eigenvalue weighted by molar-refractivity contribution is 7.13. The number of hydrogen-bond donors (Lipinski definition) is 2. The molecule has 3 nitrogen and oxygen atoms in total. The van der Waals surface area contributed by atoms with Gasteiger partial charge in [-0.15, -0.1) is 6.40 Å². The van der Waals surface area contributed by atoms with Crippen molar-refractivity contribution in [2.24, 2.45) is 0 Å². The molecular formula is C7H9N2OP. The van der Waals surface area contributed by atoms with Crippen LogP contribution in [0.4, 0.5) is 0 Å². The zero-order valence-electron chi connectivity index (χ0n) is 6.90. The normalized spacial score (nSPS) is 7.91. The van der Waals surface area contributed by atoms with Gasteiger partial charge in [0.05, 0.1) is 13.1 Å². The van der Waals surface area contributed by atoms with Gasteiger partial charge in [-0.05, 0) is 11.8 Å². The summed E-state index contributed by atoms with van der Waals surface area (Å²) in [5.41, 5.74) is 0. The lowest BCUT2D eigenvalue weighted by Crippen LogP contribution is -2.28. The zero-order valence-corrected chi connectivity index (χ0v) is 7.05. The molecule has 1 unspecified atom stereocenters. The van der Waals surface area contributed by atoms with Gasteiger partial charge in [-0.3, -0.25) is 9.88 Å². The van der Waals surface area contributed by atoms with E-state index in [0.717, 1.165) is 0 Å². The van der Waals surface area contributed by atoms with Crippen molar-refractivity contribution in [3.05, 3.63) is 0 Å². The molecule has 0 aromatic heterocycles. The molecule has 11 heavy (non-hydrogen) atoms. The third-order valence-corrected chi connectivity index (χ3v) is 0.992. The van der Waals surface area contributed by atoms with Crippen molar-refractivity contribution in [3.63, 3.8) is 0 Å². The summed E-state index contributed by atoms with van der Waals surface area (Å²) >= 11 is 0. The lowest BCUT2D eigenvalue weighted by atomic mass is 10.4. The smallest absolute Gasteiger partial charge is 0.233 e. The molecule has 4 heteroatoms. The van der Waals surface area contributed by atoms with Crippen molar-refractivity contribution in [2.75, 3.05) is 6.67 Å². The van der Waals surface area contributed by atoms with Crippen LogP contribution in [0.5, 0.6) is 0 Å². The first kappa shape index (κ1) is 8.08. The Bertz CT molecular complexity index is 258. The summed E-state index contributed by atoms with van der Waals surface area (Å²) < 4.78 is 6.42. The molecule has 0 fully saturated rings. The van der Waals surface area contributed by atoms with E-state index < -0.39 is 0 Å². The van der Waals surface area contributed by atoms with Crippen LogP contribution in [0.15, 0.2) is 0 Å². The van der Waals surface area contributed by atoms with Gasteiger partial charge in [-0.1, -0.05) is 15.3 Å². The lowest BCUT2D eigenvalue weighted by Gasteiger charge is -1.98. The largest absolute Gasteiger partial charge is 0.342 e. The molecule has 0 radical (unpaired) electrons. The Hall–Kier alpha value is -1.02. The fourth-order valence-electron chi connectivity index (χ4n) is 0.381. The Morgan fingerprint density at radius 3 is 3.27 bits per heavy atom. The minimum Gasteiger partial charge on any atom is -0.342 e. The van der Waals surface area contributed by atoms with Crippen LogP contribution in [0.25, 0.3) is 0 Å². The van der Waals surface area contributed by atoms with Crippen molar-refractivity contribution in [1.82, 2.24) is 10.4 Å². The molecule has 0 aromatic carbocycles. The Labute approximate surface area is 70.0 Å². The maximum Gasteiger partial charge on any atom is 0.233 e. The summed E-state index contributed by atoms with van der Waals surface area (Å²) in [5.74, 6) is 6.91. The standard InChI is InChI=1S/C7H9N2OP/c1-2-3-4-5-7(10)8-6-9-11/h1,9H,5-6,11H2,(H,8,10)/i1T. The van der Waals surface area contributed by atoms with E-state index in [1.54, 1.807) is 0 Å². The molecule has 0 bridgehead atoms. The highest BCUT2D eigenvalue weighted by Crippen LogP contribution is 1.74. The van der Waals surface area contributed by atoms with Gasteiger partial charge in [-0.25, -0.2) is 0 Å². The monoisotopic (exact) mass is 170 g/mol. The van der Waals surface area contributed by atoms with Crippen LogP contribution in [-0.2, 0) is 4.79 Å². The topological polar surface area (TPSA) is 41.1 Å². The SMILES string of the molecule is [3H]C#CC#CCC(=O)NCNP. The molecule has 0 aliphatic carbocycles. The van der Waals surface area contributed by atoms with Crippen molar-refractivity contribution in [3.8, 4) is 24.2 Å². The van der Waals surface area contributed by atoms with Crippen molar-refractivity contribution >= 4 is 15.3 Å². The maximum absolute atomic E-state index is 10.8. The zero-order chi connectivity index (χ0) is 9.23. The van der Waals surface area contributed by atoms with E-state index in [2.05, 4.69) is 37.6 Å². The first-order valence-electron chi connectivity index (χ1n) is 3.41. The molecule has 0 aliphatic rings. The average Bonchev–Trinajstić information content (AvgIpc) is 2.09. The molecule has 1 amide bonds. The van der Waals surface area contributed by atoms with Crippen LogP contribution in [0.2, 0.25) is 0 Å². The predicted molar refractivity (Wildman–Crippen MR) is 47.1 cm³/mol. The van der Waals surface area contributed by atoms with Crippen LogP contribution in [0, 0.1) is 24.2 Å². The van der Waals surface area contributed by atoms with Crippen LogP contribution < -0.4 is 10.4 Å². The molecule has 0 saturated carbocycles. The Morgan fingerprint density at radius 2 is 2.64 bits per heavy atom. The first-order valence-corrected chi connectivity index (χ1v) is 3.48. The van der Waals surface area contributed by atoms with Gasteiger partial charge in [0.1, 0.15) is 1.37 Å². The van der Waals surface area contributed by atoms with Gasteiger partial charge < -0.3 is 5.32 Å². The minimum atomic E-state index is -0.163. The number of hydrogen-bond acceptors (Lipinski definition) is 2. The number of rotatable bonds is 3. The lowest BCUT2D eigenvalue weighted by molar-refractivity contribution is -0.120. The quantitative estimate of drug-likeness (QED) is 0.339. The van der Waals surface area contributed by atoms with Crippen LogP contribution in [0.1, 0.15) is 7.79 Å². The van der Waals surface area contributed by atoms with Crippen LogP contribution in [0.3, 0.4) is 0 Å². The number of carbonyl (C=O) groups excluding carboxylic acids is 1. The van der Waals surface area contributed by atoms with E-state index in [4.69, 9.17) is 1.37 Å². The van der Waals surface area contributed by atoms with E-state index in [-0.39, 0.29) is 12.3 Å². The van der Waals surface area contributed by atoms with Gasteiger partial charge in [0.2, 0.25) is 5.91 Å². The third kappa shape index (κ3) is 6.87. The Kier molecular flexibility index (Phi) is 5.21. The molecule has 0 spiro atoms. The fourth-order valence-corrected chi connectivity index (χ4v) is 0.483. The van der Waals surface area contributed by atoms with Gasteiger partial charge in [0.25, 0.3) is 0 Å².